The second-order valence-electron chi connectivity index (χ2n) is 5.25. The van der Waals surface area contributed by atoms with Crippen molar-refractivity contribution in [2.24, 2.45) is 0 Å². The van der Waals surface area contributed by atoms with Crippen LogP contribution >= 0.6 is 0 Å². The summed E-state index contributed by atoms with van der Waals surface area (Å²) < 4.78 is 0. The fourth-order valence-corrected chi connectivity index (χ4v) is 2.90. The molecule has 2 heterocycles. The number of rotatable bonds is 2. The fraction of sp³-hybridized carbons (Fsp3) is 0.400. The van der Waals surface area contributed by atoms with Crippen molar-refractivity contribution >= 4 is 11.8 Å². The zero-order valence-corrected chi connectivity index (χ0v) is 11.1. The Labute approximate surface area is 117 Å². The second kappa shape index (κ2) is 4.97. The van der Waals surface area contributed by atoms with Gasteiger partial charge in [0.25, 0.3) is 0 Å². The Bertz CT molecular complexity index is 588. The first kappa shape index (κ1) is 12.7. The normalized spacial score (nSPS) is 21.9. The summed E-state index contributed by atoms with van der Waals surface area (Å²) in [5, 5.41) is 8.76. The summed E-state index contributed by atoms with van der Waals surface area (Å²) >= 11 is 0. The third-order valence-electron chi connectivity index (χ3n) is 3.95. The highest BCUT2D eigenvalue weighted by atomic mass is 16.2. The van der Waals surface area contributed by atoms with Gasteiger partial charge in [0.05, 0.1) is 11.6 Å². The first-order chi connectivity index (χ1) is 9.69. The van der Waals surface area contributed by atoms with E-state index in [0.29, 0.717) is 18.7 Å². The number of fused-ring (bicyclic) bond motifs is 1. The van der Waals surface area contributed by atoms with E-state index in [2.05, 4.69) is 6.07 Å². The fourth-order valence-electron chi connectivity index (χ4n) is 2.90. The van der Waals surface area contributed by atoms with Crippen LogP contribution < -0.4 is 0 Å². The number of piperazine rings is 1. The largest absolute Gasteiger partial charge is 0.329 e. The maximum atomic E-state index is 12.4. The van der Waals surface area contributed by atoms with Gasteiger partial charge >= 0.3 is 0 Å². The molecule has 0 bridgehead atoms. The molecule has 2 fully saturated rings. The third kappa shape index (κ3) is 2.14. The van der Waals surface area contributed by atoms with Crippen LogP contribution in [0, 0.1) is 11.3 Å². The van der Waals surface area contributed by atoms with E-state index in [1.165, 1.54) is 0 Å². The molecule has 2 aliphatic heterocycles. The van der Waals surface area contributed by atoms with E-state index < -0.39 is 0 Å². The van der Waals surface area contributed by atoms with Crippen LogP contribution in [0.5, 0.6) is 0 Å². The highest BCUT2D eigenvalue weighted by Crippen LogP contribution is 2.24. The van der Waals surface area contributed by atoms with Gasteiger partial charge in [0.2, 0.25) is 11.8 Å². The van der Waals surface area contributed by atoms with Crippen molar-refractivity contribution in [1.82, 2.24) is 9.80 Å². The molecule has 0 N–H and O–H groups in total. The van der Waals surface area contributed by atoms with Crippen molar-refractivity contribution in [3.8, 4) is 6.07 Å². The van der Waals surface area contributed by atoms with Gasteiger partial charge in [-0.2, -0.15) is 5.26 Å². The summed E-state index contributed by atoms with van der Waals surface area (Å²) in [6.45, 7) is 1.30. The summed E-state index contributed by atoms with van der Waals surface area (Å²) in [7, 11) is 0. The van der Waals surface area contributed by atoms with Gasteiger partial charge in [0, 0.05) is 13.1 Å². The third-order valence-corrected chi connectivity index (χ3v) is 3.95. The molecule has 1 atom stereocenters. The van der Waals surface area contributed by atoms with Crippen molar-refractivity contribution in [1.29, 1.82) is 5.26 Å². The van der Waals surface area contributed by atoms with Gasteiger partial charge in [-0.05, 0) is 30.5 Å². The molecular weight excluding hydrogens is 254 g/mol. The molecule has 2 aliphatic rings. The molecule has 1 aromatic rings. The molecule has 1 aromatic carbocycles. The molecule has 2 saturated heterocycles. The minimum Gasteiger partial charge on any atom is -0.329 e. The Morgan fingerprint density at radius 1 is 1.25 bits per heavy atom. The number of hydrogen-bond acceptors (Lipinski definition) is 3. The molecule has 102 valence electrons. The minimum atomic E-state index is -0.255. The lowest BCUT2D eigenvalue weighted by Crippen LogP contribution is -2.56. The summed E-state index contributed by atoms with van der Waals surface area (Å²) in [5.74, 6) is 0.0900. The zero-order valence-electron chi connectivity index (χ0n) is 11.1. The maximum absolute atomic E-state index is 12.4. The van der Waals surface area contributed by atoms with Crippen molar-refractivity contribution in [3.63, 3.8) is 0 Å². The van der Waals surface area contributed by atoms with Gasteiger partial charge in [-0.3, -0.25) is 9.59 Å². The molecule has 5 nitrogen and oxygen atoms in total. The molecule has 0 saturated carbocycles. The van der Waals surface area contributed by atoms with Gasteiger partial charge < -0.3 is 9.80 Å². The number of nitriles is 1. The van der Waals surface area contributed by atoms with E-state index in [1.807, 2.05) is 12.1 Å². The molecule has 0 spiro atoms. The van der Waals surface area contributed by atoms with E-state index in [9.17, 15) is 9.59 Å². The van der Waals surface area contributed by atoms with E-state index in [1.54, 1.807) is 21.9 Å². The number of benzene rings is 1. The lowest BCUT2D eigenvalue weighted by molar-refractivity contribution is -0.154. The summed E-state index contributed by atoms with van der Waals surface area (Å²) in [6.07, 6.45) is 1.68. The highest BCUT2D eigenvalue weighted by molar-refractivity contribution is 5.95. The Morgan fingerprint density at radius 3 is 2.70 bits per heavy atom. The van der Waals surface area contributed by atoms with E-state index in [4.69, 9.17) is 5.26 Å². The molecule has 20 heavy (non-hydrogen) atoms. The summed E-state index contributed by atoms with van der Waals surface area (Å²) in [4.78, 5) is 27.7. The standard InChI is InChI=1S/C15H15N3O2/c16-8-11-3-5-12(6-4-11)9-17-10-14(19)18-7-1-2-13(18)15(17)20/h3-6,13H,1-2,7,9-10H2. The van der Waals surface area contributed by atoms with Crippen LogP contribution in [0.15, 0.2) is 24.3 Å². The van der Waals surface area contributed by atoms with E-state index in [0.717, 1.165) is 18.4 Å². The van der Waals surface area contributed by atoms with Gasteiger partial charge in [-0.25, -0.2) is 0 Å². The van der Waals surface area contributed by atoms with Crippen LogP contribution in [-0.4, -0.2) is 40.7 Å². The Hall–Kier alpha value is -2.35. The number of carbonyl (C=O) groups excluding carboxylic acids is 2. The van der Waals surface area contributed by atoms with Crippen molar-refractivity contribution in [3.05, 3.63) is 35.4 Å². The average molecular weight is 269 g/mol. The number of hydrogen-bond donors (Lipinski definition) is 0. The predicted molar refractivity (Wildman–Crippen MR) is 71.3 cm³/mol. The molecule has 1 unspecified atom stereocenters. The Morgan fingerprint density at radius 2 is 2.00 bits per heavy atom. The highest BCUT2D eigenvalue weighted by Gasteiger charge is 2.41. The molecule has 0 aromatic heterocycles. The monoisotopic (exact) mass is 269 g/mol. The van der Waals surface area contributed by atoms with Crippen molar-refractivity contribution < 1.29 is 9.59 Å². The Kier molecular flexibility index (Phi) is 3.15. The van der Waals surface area contributed by atoms with Crippen LogP contribution in [-0.2, 0) is 16.1 Å². The summed E-state index contributed by atoms with van der Waals surface area (Å²) in [5.41, 5.74) is 1.54. The van der Waals surface area contributed by atoms with E-state index in [-0.39, 0.29) is 24.4 Å². The zero-order chi connectivity index (χ0) is 14.1. The minimum absolute atomic E-state index is 0.0424. The second-order valence-corrected chi connectivity index (χ2v) is 5.25. The van der Waals surface area contributed by atoms with Crippen LogP contribution in [0.3, 0.4) is 0 Å². The number of amides is 2. The topological polar surface area (TPSA) is 64.4 Å². The van der Waals surface area contributed by atoms with Crippen LogP contribution in [0.1, 0.15) is 24.0 Å². The van der Waals surface area contributed by atoms with Crippen molar-refractivity contribution in [2.45, 2.75) is 25.4 Å². The maximum Gasteiger partial charge on any atom is 0.246 e. The number of nitrogens with zero attached hydrogens (tertiary/aromatic N) is 3. The number of carbonyl (C=O) groups is 2. The lowest BCUT2D eigenvalue weighted by atomic mass is 10.1. The van der Waals surface area contributed by atoms with E-state index >= 15 is 0 Å². The smallest absolute Gasteiger partial charge is 0.246 e. The van der Waals surface area contributed by atoms with Crippen molar-refractivity contribution in [2.75, 3.05) is 13.1 Å². The molecule has 5 heteroatoms. The molecule has 0 aliphatic carbocycles. The van der Waals surface area contributed by atoms with Gasteiger partial charge in [-0.15, -0.1) is 0 Å². The van der Waals surface area contributed by atoms with Crippen LogP contribution in [0.4, 0.5) is 0 Å². The summed E-state index contributed by atoms with van der Waals surface area (Å²) in [6, 6.07) is 8.93. The van der Waals surface area contributed by atoms with Gasteiger partial charge in [0.15, 0.2) is 0 Å². The quantitative estimate of drug-likeness (QED) is 0.801. The van der Waals surface area contributed by atoms with Crippen LogP contribution in [0.25, 0.3) is 0 Å². The SMILES string of the molecule is N#Cc1ccc(CN2CC(=O)N3CCCC3C2=O)cc1. The average Bonchev–Trinajstić information content (AvgIpc) is 2.95. The Balaban J connectivity index is 1.75. The lowest BCUT2D eigenvalue weighted by Gasteiger charge is -2.36. The molecule has 0 radical (unpaired) electrons. The van der Waals surface area contributed by atoms with Crippen LogP contribution in [0.2, 0.25) is 0 Å². The molecule has 2 amide bonds. The molecule has 3 rings (SSSR count). The van der Waals surface area contributed by atoms with Gasteiger partial charge in [-0.1, -0.05) is 12.1 Å². The van der Waals surface area contributed by atoms with Gasteiger partial charge in [0.1, 0.15) is 12.6 Å². The predicted octanol–water partition coefficient (Wildman–Crippen LogP) is 0.891. The first-order valence-corrected chi connectivity index (χ1v) is 6.76. The molecular formula is C15H15N3O2. The first-order valence-electron chi connectivity index (χ1n) is 6.76.